The van der Waals surface area contributed by atoms with Crippen LogP contribution in [0.25, 0.3) is 22.0 Å². The molecule has 63 heavy (non-hydrogen) atoms. The van der Waals surface area contributed by atoms with E-state index in [0.717, 1.165) is 17.4 Å². The lowest BCUT2D eigenvalue weighted by molar-refractivity contribution is -0.142. The number of alkyl carbamates (subject to hydrolysis) is 1. The van der Waals surface area contributed by atoms with Crippen LogP contribution in [0.15, 0.2) is 54.6 Å². The van der Waals surface area contributed by atoms with Gasteiger partial charge < -0.3 is 39.2 Å². The molecule has 7 atom stereocenters. The second-order valence-electron chi connectivity index (χ2n) is 18.6. The molecule has 2 aliphatic carbocycles. The maximum atomic E-state index is 15.0. The van der Waals surface area contributed by atoms with Crippen molar-refractivity contribution in [2.75, 3.05) is 26.9 Å². The van der Waals surface area contributed by atoms with Crippen molar-refractivity contribution >= 4 is 44.6 Å². The average molecular weight is 888 g/mol. The summed E-state index contributed by atoms with van der Waals surface area (Å²) >= 11 is 0. The van der Waals surface area contributed by atoms with Crippen LogP contribution in [0.5, 0.6) is 23.1 Å². The molecule has 5 aliphatic rings. The summed E-state index contributed by atoms with van der Waals surface area (Å²) in [6.45, 7) is 9.96. The molecule has 4 heterocycles. The van der Waals surface area contributed by atoms with E-state index in [1.165, 1.54) is 4.90 Å². The summed E-state index contributed by atoms with van der Waals surface area (Å²) in [6.07, 6.45) is 5.35. The van der Waals surface area contributed by atoms with Gasteiger partial charge in [-0.3, -0.25) is 19.1 Å². The summed E-state index contributed by atoms with van der Waals surface area (Å²) < 4.78 is 57.8. The van der Waals surface area contributed by atoms with Crippen molar-refractivity contribution in [1.82, 2.24) is 25.2 Å². The molecule has 1 aromatic heterocycles. The normalized spacial score (nSPS) is 28.0. The van der Waals surface area contributed by atoms with Crippen LogP contribution < -0.4 is 34.3 Å². The van der Waals surface area contributed by atoms with Crippen molar-refractivity contribution in [1.29, 1.82) is 0 Å². The van der Waals surface area contributed by atoms with E-state index in [2.05, 4.69) is 22.3 Å². The third-order valence-corrected chi connectivity index (χ3v) is 14.2. The maximum absolute atomic E-state index is 15.0. The number of amides is 4. The number of rotatable bonds is 8. The summed E-state index contributed by atoms with van der Waals surface area (Å²) in [6, 6.07) is 10.7. The lowest BCUT2D eigenvalue weighted by Crippen LogP contribution is -2.59. The van der Waals surface area contributed by atoms with Gasteiger partial charge >= 0.3 is 6.09 Å². The highest BCUT2D eigenvalue weighted by Crippen LogP contribution is 2.46. The largest absolute Gasteiger partial charge is 0.497 e. The van der Waals surface area contributed by atoms with Gasteiger partial charge in [0, 0.05) is 23.3 Å². The fourth-order valence-corrected chi connectivity index (χ4v) is 10.2. The lowest BCUT2D eigenvalue weighted by Gasteiger charge is -2.33. The number of hydrogen-bond acceptors (Lipinski definition) is 12. The minimum atomic E-state index is -3.94. The number of methoxy groups -OCH3 is 1. The number of nitrogens with one attached hydrogen (secondary N) is 3. The molecule has 3 fully saturated rings. The molecule has 0 radical (unpaired) electrons. The molecule has 2 saturated carbocycles. The first-order chi connectivity index (χ1) is 29.9. The number of carbonyl (C=O) groups is 4. The number of carbonyl (C=O) groups excluding carboxylic acids is 4. The number of aromatic nitrogens is 1. The molecule has 3 N–H and O–H groups in total. The van der Waals surface area contributed by atoms with Crippen molar-refractivity contribution in [2.45, 2.75) is 114 Å². The van der Waals surface area contributed by atoms with Crippen LogP contribution in [0.1, 0.15) is 79.6 Å². The molecule has 4 amide bonds. The molecular weight excluding hydrogens is 831 g/mol. The minimum Gasteiger partial charge on any atom is -0.497 e. The predicted molar refractivity (Wildman–Crippen MR) is 233 cm³/mol. The summed E-state index contributed by atoms with van der Waals surface area (Å²) in [4.78, 5) is 63.5. The average Bonchev–Trinajstić information content (AvgIpc) is 4.16. The monoisotopic (exact) mass is 887 g/mol. The Morgan fingerprint density at radius 3 is 2.48 bits per heavy atom. The second-order valence-corrected chi connectivity index (χ2v) is 20.6. The molecule has 3 aromatic rings. The molecule has 17 heteroatoms. The number of allylic oxidation sites excluding steroid dienone is 1. The van der Waals surface area contributed by atoms with Gasteiger partial charge in [-0.05, 0) is 119 Å². The Hall–Kier alpha value is -5.58. The maximum Gasteiger partial charge on any atom is 0.408 e. The molecule has 1 saturated heterocycles. The number of benzene rings is 2. The molecule has 338 valence electrons. The van der Waals surface area contributed by atoms with E-state index < -0.39 is 74.3 Å². The van der Waals surface area contributed by atoms with E-state index >= 15 is 4.79 Å². The highest BCUT2D eigenvalue weighted by Gasteiger charge is 2.62. The first-order valence-electron chi connectivity index (χ1n) is 21.8. The van der Waals surface area contributed by atoms with E-state index in [0.29, 0.717) is 67.2 Å². The fourth-order valence-electron chi connectivity index (χ4n) is 8.86. The van der Waals surface area contributed by atoms with Crippen molar-refractivity contribution < 1.29 is 51.3 Å². The van der Waals surface area contributed by atoms with E-state index in [9.17, 15) is 22.8 Å². The van der Waals surface area contributed by atoms with Crippen molar-refractivity contribution in [2.24, 2.45) is 17.8 Å². The van der Waals surface area contributed by atoms with Gasteiger partial charge in [-0.2, -0.15) is 0 Å². The lowest BCUT2D eigenvalue weighted by atomic mass is 9.88. The van der Waals surface area contributed by atoms with Crippen LogP contribution in [0.2, 0.25) is 0 Å². The molecule has 2 aromatic carbocycles. The van der Waals surface area contributed by atoms with Gasteiger partial charge in [0.15, 0.2) is 11.5 Å². The van der Waals surface area contributed by atoms with Crippen LogP contribution in [-0.2, 0) is 29.1 Å². The molecule has 8 rings (SSSR count). The Morgan fingerprint density at radius 2 is 1.75 bits per heavy atom. The van der Waals surface area contributed by atoms with Crippen LogP contribution in [0, 0.1) is 17.8 Å². The van der Waals surface area contributed by atoms with Gasteiger partial charge in [0.2, 0.25) is 27.7 Å². The van der Waals surface area contributed by atoms with Gasteiger partial charge in [-0.1, -0.05) is 26.0 Å². The minimum absolute atomic E-state index is 0.00628. The first-order valence-corrected chi connectivity index (χ1v) is 23.4. The van der Waals surface area contributed by atoms with Gasteiger partial charge in [0.25, 0.3) is 5.91 Å². The number of pyridine rings is 1. The summed E-state index contributed by atoms with van der Waals surface area (Å²) in [5, 5.41) is 6.52. The first kappa shape index (κ1) is 44.0. The standard InChI is InChI=1S/C46H57N5O11S/c1-26-9-7-8-10-30-24-46(30,43(54)50-63(56,57)33-13-14-33)49-40(52)36-23-32(25-51(36)42(53)39(27(2)19-26)48-44(55)62-45(3,4)5)61-41-34-15-12-31(58-6)20-29(34)21-35(47-41)28-11-16-37-38(22-28)60-18-17-59-37/h8,10-12,15-16,20-22,26-27,30,32-33,36,39H,7,9,13-14,17-19,23-25H2,1-6H3,(H,48,55)(H,49,52)(H,50,54)/b10-8-/t26-,27+,30+,32?,36-,39-,46+/m0/s1. The Morgan fingerprint density at radius 1 is 0.984 bits per heavy atom. The predicted octanol–water partition coefficient (Wildman–Crippen LogP) is 5.42. The van der Waals surface area contributed by atoms with E-state index in [1.807, 2.05) is 55.5 Å². The number of ether oxygens (including phenoxy) is 5. The zero-order chi connectivity index (χ0) is 44.8. The number of nitrogens with zero attached hydrogens (tertiary/aromatic N) is 2. The zero-order valence-corrected chi connectivity index (χ0v) is 37.4. The van der Waals surface area contributed by atoms with Crippen LogP contribution in [-0.4, -0.2) is 104 Å². The molecule has 1 unspecified atom stereocenters. The van der Waals surface area contributed by atoms with Crippen molar-refractivity contribution in [3.63, 3.8) is 0 Å². The van der Waals surface area contributed by atoms with Crippen LogP contribution >= 0.6 is 0 Å². The molecule has 0 bridgehead atoms. The number of fused-ring (bicyclic) bond motifs is 4. The number of hydrogen-bond donors (Lipinski definition) is 3. The summed E-state index contributed by atoms with van der Waals surface area (Å²) in [5.41, 5.74) is -1.09. The Bertz CT molecular complexity index is 2430. The van der Waals surface area contributed by atoms with Crippen LogP contribution in [0.3, 0.4) is 0 Å². The quantitative estimate of drug-likeness (QED) is 0.243. The highest BCUT2D eigenvalue weighted by atomic mass is 32.2. The zero-order valence-electron chi connectivity index (χ0n) is 36.6. The van der Waals surface area contributed by atoms with Gasteiger partial charge in [-0.15, -0.1) is 0 Å². The molecular formula is C46H57N5O11S. The van der Waals surface area contributed by atoms with E-state index in [-0.39, 0.29) is 37.1 Å². The van der Waals surface area contributed by atoms with Gasteiger partial charge in [0.05, 0.1) is 24.6 Å². The van der Waals surface area contributed by atoms with E-state index in [1.54, 1.807) is 33.9 Å². The van der Waals surface area contributed by atoms with Crippen LogP contribution in [0.4, 0.5) is 4.79 Å². The molecule has 0 spiro atoms. The fraction of sp³-hybridized carbons (Fsp3) is 0.543. The highest BCUT2D eigenvalue weighted by molar-refractivity contribution is 7.91. The van der Waals surface area contributed by atoms with Gasteiger partial charge in [0.1, 0.15) is 48.3 Å². The summed E-state index contributed by atoms with van der Waals surface area (Å²) in [7, 11) is -2.36. The SMILES string of the molecule is COc1ccc2c(OC3C[C@H]4C(=O)N[C@]5(C(=O)NS(=O)(=O)C6CC6)C[C@H]5/C=C\CC[C@H](C)C[C@@H](C)[C@H](NC(=O)OC(C)(C)C)C(=O)N4C3)nc(-c3ccc4c(c3)OCCO4)cc2c1. The molecule has 3 aliphatic heterocycles. The molecule has 16 nitrogen and oxygen atoms in total. The van der Waals surface area contributed by atoms with E-state index in [4.69, 9.17) is 28.7 Å². The Kier molecular flexibility index (Phi) is 12.0. The topological polar surface area (TPSA) is 201 Å². The van der Waals surface area contributed by atoms with Crippen molar-refractivity contribution in [3.05, 3.63) is 54.6 Å². The summed E-state index contributed by atoms with van der Waals surface area (Å²) in [5.74, 6) is -0.610. The third-order valence-electron chi connectivity index (χ3n) is 12.4. The second kappa shape index (κ2) is 17.2. The number of sulfonamides is 1. The Labute approximate surface area is 367 Å². The Balaban J connectivity index is 1.16. The smallest absolute Gasteiger partial charge is 0.408 e. The third kappa shape index (κ3) is 9.67. The van der Waals surface area contributed by atoms with Gasteiger partial charge in [-0.25, -0.2) is 18.2 Å². The van der Waals surface area contributed by atoms with Crippen molar-refractivity contribution in [3.8, 4) is 34.4 Å².